The molecule has 0 aromatic heterocycles. The fraction of sp³-hybridized carbons (Fsp3) is 1.00. The number of rotatable bonds is 3. The molecule has 4 nitrogen and oxygen atoms in total. The average Bonchev–Trinajstić information content (AvgIpc) is 1.56. The molecule has 0 radical (unpaired) electrons. The quantitative estimate of drug-likeness (QED) is 0.614. The Labute approximate surface area is 67.4 Å². The predicted molar refractivity (Wildman–Crippen MR) is 44.0 cm³/mol. The molecule has 6 heteroatoms. The van der Waals surface area contributed by atoms with Crippen LogP contribution in [0.2, 0.25) is 0 Å². The van der Waals surface area contributed by atoms with Gasteiger partial charge >= 0.3 is 0 Å². The van der Waals surface area contributed by atoms with Crippen LogP contribution in [0.5, 0.6) is 0 Å². The van der Waals surface area contributed by atoms with Gasteiger partial charge in [0, 0.05) is 12.5 Å². The lowest BCUT2D eigenvalue weighted by atomic mass is 10.6. The van der Waals surface area contributed by atoms with Crippen LogP contribution in [0.3, 0.4) is 0 Å². The van der Waals surface area contributed by atoms with Crippen LogP contribution >= 0.6 is 0 Å². The highest BCUT2D eigenvalue weighted by atomic mass is 32.2. The van der Waals surface area contributed by atoms with E-state index in [0.29, 0.717) is 0 Å². The highest BCUT2D eigenvalue weighted by molar-refractivity contribution is 7.94. The normalized spacial score (nSPS) is 16.3. The fourth-order valence-corrected chi connectivity index (χ4v) is 3.13. The van der Waals surface area contributed by atoms with Gasteiger partial charge in [-0.3, -0.25) is 0 Å². The summed E-state index contributed by atoms with van der Waals surface area (Å²) in [5.41, 5.74) is 0. The molecular formula is C5H12O4S2. The molecule has 11 heavy (non-hydrogen) atoms. The molecule has 0 fully saturated rings. The van der Waals surface area contributed by atoms with Gasteiger partial charge in [-0.15, -0.1) is 0 Å². The van der Waals surface area contributed by atoms with Crippen molar-refractivity contribution in [2.75, 3.05) is 18.3 Å². The monoisotopic (exact) mass is 200 g/mol. The van der Waals surface area contributed by atoms with Gasteiger partial charge in [0.05, 0.1) is 11.0 Å². The summed E-state index contributed by atoms with van der Waals surface area (Å²) >= 11 is 0. The Hall–Kier alpha value is -0.100. The Kier molecular flexibility index (Phi) is 3.07. The SMILES string of the molecule is C[C@H](CS(C)(=O)=O)S(C)(=O)=O. The van der Waals surface area contributed by atoms with Crippen LogP contribution in [0.15, 0.2) is 0 Å². The van der Waals surface area contributed by atoms with E-state index in [9.17, 15) is 16.8 Å². The van der Waals surface area contributed by atoms with E-state index in [1.807, 2.05) is 0 Å². The summed E-state index contributed by atoms with van der Waals surface area (Å²) in [5, 5.41) is -0.808. The fourth-order valence-electron chi connectivity index (χ4n) is 0.550. The van der Waals surface area contributed by atoms with Gasteiger partial charge < -0.3 is 0 Å². The van der Waals surface area contributed by atoms with E-state index < -0.39 is 24.9 Å². The summed E-state index contributed by atoms with van der Waals surface area (Å²) in [7, 11) is -6.40. The largest absolute Gasteiger partial charge is 0.229 e. The smallest absolute Gasteiger partial charge is 0.151 e. The van der Waals surface area contributed by atoms with Gasteiger partial charge in [0.15, 0.2) is 9.84 Å². The van der Waals surface area contributed by atoms with E-state index in [1.54, 1.807) is 0 Å². The molecule has 1 atom stereocenters. The molecule has 0 spiro atoms. The van der Waals surface area contributed by atoms with Gasteiger partial charge in [-0.2, -0.15) is 0 Å². The molecule has 68 valence electrons. The predicted octanol–water partition coefficient (Wildman–Crippen LogP) is -0.536. The lowest BCUT2D eigenvalue weighted by Crippen LogP contribution is -2.25. The van der Waals surface area contributed by atoms with E-state index in [4.69, 9.17) is 0 Å². The van der Waals surface area contributed by atoms with E-state index in [0.717, 1.165) is 12.5 Å². The second kappa shape index (κ2) is 3.10. The van der Waals surface area contributed by atoms with Crippen molar-refractivity contribution in [3.63, 3.8) is 0 Å². The van der Waals surface area contributed by atoms with E-state index >= 15 is 0 Å². The molecule has 0 aromatic rings. The third-order valence-electron chi connectivity index (χ3n) is 1.27. The Morgan fingerprint density at radius 3 is 1.55 bits per heavy atom. The topological polar surface area (TPSA) is 68.3 Å². The summed E-state index contributed by atoms with van der Waals surface area (Å²) in [6.07, 6.45) is 2.05. The molecule has 0 aliphatic rings. The molecule has 0 saturated carbocycles. The van der Waals surface area contributed by atoms with E-state index in [-0.39, 0.29) is 5.75 Å². The molecule has 0 saturated heterocycles. The van der Waals surface area contributed by atoms with Crippen LogP contribution in [0, 0.1) is 0 Å². The number of sulfone groups is 2. The lowest BCUT2D eigenvalue weighted by molar-refractivity contribution is 0.583. The van der Waals surface area contributed by atoms with Crippen molar-refractivity contribution in [2.24, 2.45) is 0 Å². The maximum atomic E-state index is 10.7. The first kappa shape index (κ1) is 10.9. The van der Waals surface area contributed by atoms with Crippen LogP contribution in [0.1, 0.15) is 6.92 Å². The van der Waals surface area contributed by atoms with E-state index in [2.05, 4.69) is 0 Å². The van der Waals surface area contributed by atoms with Gasteiger partial charge in [0.25, 0.3) is 0 Å². The van der Waals surface area contributed by atoms with Crippen molar-refractivity contribution >= 4 is 19.7 Å². The average molecular weight is 200 g/mol. The number of hydrogen-bond acceptors (Lipinski definition) is 4. The summed E-state index contributed by atoms with van der Waals surface area (Å²) in [6.45, 7) is 1.39. The summed E-state index contributed by atoms with van der Waals surface area (Å²) < 4.78 is 42.7. The Bertz CT molecular complexity index is 310. The Balaban J connectivity index is 4.47. The first-order valence-corrected chi connectivity index (χ1v) is 7.01. The second-order valence-corrected chi connectivity index (χ2v) is 7.38. The highest BCUT2D eigenvalue weighted by Gasteiger charge is 2.19. The van der Waals surface area contributed by atoms with Gasteiger partial charge in [-0.25, -0.2) is 16.8 Å². The molecule has 0 bridgehead atoms. The zero-order valence-corrected chi connectivity index (χ0v) is 8.37. The summed E-state index contributed by atoms with van der Waals surface area (Å²) in [4.78, 5) is 0. The minimum Gasteiger partial charge on any atom is -0.229 e. The lowest BCUT2D eigenvalue weighted by Gasteiger charge is -2.05. The third kappa shape index (κ3) is 5.20. The minimum absolute atomic E-state index is 0.300. The number of hydrogen-bond donors (Lipinski definition) is 0. The van der Waals surface area contributed by atoms with Crippen LogP contribution < -0.4 is 0 Å². The van der Waals surface area contributed by atoms with Crippen molar-refractivity contribution in [1.82, 2.24) is 0 Å². The molecule has 0 aliphatic heterocycles. The van der Waals surface area contributed by atoms with Gasteiger partial charge in [-0.1, -0.05) is 0 Å². The highest BCUT2D eigenvalue weighted by Crippen LogP contribution is 2.00. The van der Waals surface area contributed by atoms with Gasteiger partial charge in [-0.05, 0) is 6.92 Å². The molecule has 0 aliphatic carbocycles. The first-order chi connectivity index (χ1) is 4.63. The zero-order valence-electron chi connectivity index (χ0n) is 6.73. The second-order valence-electron chi connectivity index (χ2n) is 2.73. The Morgan fingerprint density at radius 2 is 1.45 bits per heavy atom. The molecule has 0 unspecified atom stereocenters. The van der Waals surface area contributed by atoms with Crippen LogP contribution in [-0.4, -0.2) is 40.3 Å². The van der Waals surface area contributed by atoms with Crippen molar-refractivity contribution in [2.45, 2.75) is 12.2 Å². The summed E-state index contributed by atoms with van der Waals surface area (Å²) in [5.74, 6) is -0.300. The maximum Gasteiger partial charge on any atom is 0.151 e. The van der Waals surface area contributed by atoms with Crippen molar-refractivity contribution < 1.29 is 16.8 Å². The van der Waals surface area contributed by atoms with Crippen LogP contribution in [0.4, 0.5) is 0 Å². The van der Waals surface area contributed by atoms with Crippen molar-refractivity contribution in [1.29, 1.82) is 0 Å². The summed E-state index contributed by atoms with van der Waals surface area (Å²) in [6, 6.07) is 0. The minimum atomic E-state index is -3.22. The molecule has 0 rings (SSSR count). The molecule has 0 heterocycles. The molecule has 0 aromatic carbocycles. The maximum absolute atomic E-state index is 10.7. The Morgan fingerprint density at radius 1 is 1.09 bits per heavy atom. The van der Waals surface area contributed by atoms with Crippen molar-refractivity contribution in [3.8, 4) is 0 Å². The van der Waals surface area contributed by atoms with Crippen LogP contribution in [-0.2, 0) is 19.7 Å². The van der Waals surface area contributed by atoms with E-state index in [1.165, 1.54) is 6.92 Å². The molecule has 0 amide bonds. The standard InChI is InChI=1S/C5H12O4S2/c1-5(11(3,8)9)4-10(2,6)7/h5H,4H2,1-3H3/t5-/m1/s1. The zero-order chi connectivity index (χ0) is 9.28. The first-order valence-electron chi connectivity index (χ1n) is 2.99. The van der Waals surface area contributed by atoms with Gasteiger partial charge in [0.2, 0.25) is 0 Å². The van der Waals surface area contributed by atoms with Gasteiger partial charge in [0.1, 0.15) is 9.84 Å². The molecule has 0 N–H and O–H groups in total. The van der Waals surface area contributed by atoms with Crippen molar-refractivity contribution in [3.05, 3.63) is 0 Å². The molecular weight excluding hydrogens is 188 g/mol. The van der Waals surface area contributed by atoms with Crippen LogP contribution in [0.25, 0.3) is 0 Å². The third-order valence-corrected chi connectivity index (χ3v) is 4.21.